The predicted octanol–water partition coefficient (Wildman–Crippen LogP) is 1.53. The van der Waals surface area contributed by atoms with E-state index in [-0.39, 0.29) is 19.1 Å². The van der Waals surface area contributed by atoms with Gasteiger partial charge in [-0.25, -0.2) is 0 Å². The molecule has 96 valence electrons. The highest BCUT2D eigenvalue weighted by Crippen LogP contribution is 2.16. The van der Waals surface area contributed by atoms with Gasteiger partial charge in [-0.3, -0.25) is 4.79 Å². The number of hydrogen-bond acceptors (Lipinski definition) is 4. The topological polar surface area (TPSA) is 74.2 Å². The van der Waals surface area contributed by atoms with Gasteiger partial charge in [0, 0.05) is 11.8 Å². The summed E-state index contributed by atoms with van der Waals surface area (Å²) in [4.78, 5) is 11.5. The summed E-state index contributed by atoms with van der Waals surface area (Å²) in [6.45, 7) is 3.15. The molecule has 0 atom stereocenters. The third-order valence-electron chi connectivity index (χ3n) is 2.13. The van der Waals surface area contributed by atoms with E-state index in [0.717, 1.165) is 13.0 Å². The van der Waals surface area contributed by atoms with Crippen LogP contribution >= 0.6 is 0 Å². The van der Waals surface area contributed by atoms with Crippen LogP contribution in [0.3, 0.4) is 0 Å². The fourth-order valence-electron chi connectivity index (χ4n) is 1.36. The molecule has 0 radical (unpaired) electrons. The molecule has 0 spiro atoms. The third-order valence-corrected chi connectivity index (χ3v) is 2.13. The summed E-state index contributed by atoms with van der Waals surface area (Å²) >= 11 is 0. The van der Waals surface area contributed by atoms with Crippen molar-refractivity contribution in [1.82, 2.24) is 5.32 Å². The van der Waals surface area contributed by atoms with Crippen LogP contribution in [0.1, 0.15) is 13.3 Å². The fraction of sp³-hybridized carbons (Fsp3) is 0.385. The van der Waals surface area contributed by atoms with Gasteiger partial charge in [0.1, 0.15) is 11.8 Å². The minimum Gasteiger partial charge on any atom is -0.479 e. The highest BCUT2D eigenvalue weighted by atomic mass is 16.5. The summed E-state index contributed by atoms with van der Waals surface area (Å²) in [5, 5.41) is 14.2. The average Bonchev–Trinajstić information content (AvgIpc) is 2.37. The number of amides is 1. The molecule has 5 heteroatoms. The summed E-state index contributed by atoms with van der Waals surface area (Å²) in [6, 6.07) is 8.86. The van der Waals surface area contributed by atoms with E-state index < -0.39 is 0 Å². The van der Waals surface area contributed by atoms with Gasteiger partial charge in [0.2, 0.25) is 5.91 Å². The number of hydrogen-bond donors (Lipinski definition) is 2. The van der Waals surface area contributed by atoms with Crippen LogP contribution in [0.25, 0.3) is 0 Å². The highest BCUT2D eigenvalue weighted by Gasteiger charge is 2.02. The first-order chi connectivity index (χ1) is 8.76. The molecule has 1 aromatic carbocycles. The van der Waals surface area contributed by atoms with E-state index in [9.17, 15) is 4.79 Å². The number of rotatable bonds is 7. The Hall–Kier alpha value is -2.06. The number of nitriles is 1. The number of benzene rings is 1. The lowest BCUT2D eigenvalue weighted by Crippen LogP contribution is -2.28. The SMILES string of the molecule is CCCNCC(=O)Nc1cccc(OCC#N)c1. The van der Waals surface area contributed by atoms with Crippen LogP contribution in [0.15, 0.2) is 24.3 Å². The molecule has 0 aliphatic rings. The van der Waals surface area contributed by atoms with Gasteiger partial charge in [0.25, 0.3) is 0 Å². The highest BCUT2D eigenvalue weighted by molar-refractivity contribution is 5.92. The van der Waals surface area contributed by atoms with E-state index in [0.29, 0.717) is 11.4 Å². The minimum absolute atomic E-state index is 0.00451. The molecule has 1 aromatic rings. The molecule has 1 amide bonds. The van der Waals surface area contributed by atoms with Gasteiger partial charge in [-0.2, -0.15) is 5.26 Å². The van der Waals surface area contributed by atoms with E-state index in [1.807, 2.05) is 13.0 Å². The van der Waals surface area contributed by atoms with E-state index >= 15 is 0 Å². The number of nitrogens with one attached hydrogen (secondary N) is 2. The normalized spacial score (nSPS) is 9.56. The predicted molar refractivity (Wildman–Crippen MR) is 69.3 cm³/mol. The third kappa shape index (κ3) is 5.32. The Labute approximate surface area is 107 Å². The molecule has 0 aliphatic heterocycles. The molecular weight excluding hydrogens is 230 g/mol. The van der Waals surface area contributed by atoms with Crippen molar-refractivity contribution in [3.63, 3.8) is 0 Å². The van der Waals surface area contributed by atoms with E-state index in [4.69, 9.17) is 10.00 Å². The van der Waals surface area contributed by atoms with Crippen LogP contribution in [0.2, 0.25) is 0 Å². The van der Waals surface area contributed by atoms with E-state index in [1.54, 1.807) is 24.3 Å². The summed E-state index contributed by atoms with van der Waals surface area (Å²) in [5.41, 5.74) is 0.661. The standard InChI is InChI=1S/C13H17N3O2/c1-2-7-15-10-13(17)16-11-4-3-5-12(9-11)18-8-6-14/h3-5,9,15H,2,7-8,10H2,1H3,(H,16,17). The van der Waals surface area contributed by atoms with Crippen molar-refractivity contribution >= 4 is 11.6 Å². The van der Waals surface area contributed by atoms with Crippen molar-refractivity contribution in [2.75, 3.05) is 25.0 Å². The Kier molecular flexibility index (Phi) is 6.30. The first-order valence-corrected chi connectivity index (χ1v) is 5.86. The van der Waals surface area contributed by atoms with Crippen LogP contribution in [0.4, 0.5) is 5.69 Å². The molecule has 0 saturated carbocycles. The summed E-state index contributed by atoms with van der Waals surface area (Å²) < 4.78 is 5.15. The molecule has 0 unspecified atom stereocenters. The number of carbonyl (C=O) groups is 1. The van der Waals surface area contributed by atoms with E-state index in [2.05, 4.69) is 10.6 Å². The Morgan fingerprint density at radius 2 is 2.33 bits per heavy atom. The first-order valence-electron chi connectivity index (χ1n) is 5.86. The zero-order valence-corrected chi connectivity index (χ0v) is 10.4. The Morgan fingerprint density at radius 3 is 3.06 bits per heavy atom. The van der Waals surface area contributed by atoms with Crippen LogP contribution in [0.5, 0.6) is 5.75 Å². The summed E-state index contributed by atoms with van der Waals surface area (Å²) in [5.74, 6) is 0.469. The van der Waals surface area contributed by atoms with Crippen LogP contribution < -0.4 is 15.4 Å². The summed E-state index contributed by atoms with van der Waals surface area (Å²) in [6.07, 6.45) is 0.991. The second kappa shape index (κ2) is 8.09. The molecule has 2 N–H and O–H groups in total. The molecular formula is C13H17N3O2. The maximum atomic E-state index is 11.5. The van der Waals surface area contributed by atoms with E-state index in [1.165, 1.54) is 0 Å². The minimum atomic E-state index is -0.0964. The van der Waals surface area contributed by atoms with Crippen molar-refractivity contribution in [3.05, 3.63) is 24.3 Å². The molecule has 0 aliphatic carbocycles. The Morgan fingerprint density at radius 1 is 1.50 bits per heavy atom. The van der Waals surface area contributed by atoms with Crippen molar-refractivity contribution in [1.29, 1.82) is 5.26 Å². The molecule has 0 heterocycles. The van der Waals surface area contributed by atoms with Crippen molar-refractivity contribution < 1.29 is 9.53 Å². The van der Waals surface area contributed by atoms with Crippen LogP contribution in [0, 0.1) is 11.3 Å². The van der Waals surface area contributed by atoms with Gasteiger partial charge in [0.15, 0.2) is 6.61 Å². The smallest absolute Gasteiger partial charge is 0.238 e. The van der Waals surface area contributed by atoms with Gasteiger partial charge < -0.3 is 15.4 Å². The second-order valence-corrected chi connectivity index (χ2v) is 3.70. The number of carbonyl (C=O) groups excluding carboxylic acids is 1. The molecule has 18 heavy (non-hydrogen) atoms. The van der Waals surface area contributed by atoms with Crippen LogP contribution in [-0.2, 0) is 4.79 Å². The number of ether oxygens (including phenoxy) is 1. The lowest BCUT2D eigenvalue weighted by Gasteiger charge is -2.07. The lowest BCUT2D eigenvalue weighted by atomic mass is 10.3. The Bertz CT molecular complexity index is 426. The lowest BCUT2D eigenvalue weighted by molar-refractivity contribution is -0.115. The Balaban J connectivity index is 2.46. The summed E-state index contributed by atoms with van der Waals surface area (Å²) in [7, 11) is 0. The monoisotopic (exact) mass is 247 g/mol. The van der Waals surface area contributed by atoms with Crippen molar-refractivity contribution in [3.8, 4) is 11.8 Å². The molecule has 0 saturated heterocycles. The van der Waals surface area contributed by atoms with Crippen molar-refractivity contribution in [2.24, 2.45) is 0 Å². The van der Waals surface area contributed by atoms with Crippen molar-refractivity contribution in [2.45, 2.75) is 13.3 Å². The van der Waals surface area contributed by atoms with Gasteiger partial charge >= 0.3 is 0 Å². The number of anilines is 1. The number of nitrogens with zero attached hydrogens (tertiary/aromatic N) is 1. The zero-order chi connectivity index (χ0) is 13.2. The molecule has 5 nitrogen and oxygen atoms in total. The first kappa shape index (κ1) is 14.0. The average molecular weight is 247 g/mol. The van der Waals surface area contributed by atoms with Gasteiger partial charge in [-0.1, -0.05) is 13.0 Å². The second-order valence-electron chi connectivity index (χ2n) is 3.70. The van der Waals surface area contributed by atoms with Gasteiger partial charge in [0.05, 0.1) is 6.54 Å². The maximum Gasteiger partial charge on any atom is 0.238 e. The zero-order valence-electron chi connectivity index (χ0n) is 10.4. The quantitative estimate of drug-likeness (QED) is 0.716. The molecule has 0 aromatic heterocycles. The molecule has 1 rings (SSSR count). The fourth-order valence-corrected chi connectivity index (χ4v) is 1.36. The largest absolute Gasteiger partial charge is 0.479 e. The van der Waals surface area contributed by atoms with Gasteiger partial charge in [-0.15, -0.1) is 0 Å². The van der Waals surface area contributed by atoms with Crippen LogP contribution in [-0.4, -0.2) is 25.6 Å². The molecule has 0 bridgehead atoms. The van der Waals surface area contributed by atoms with Gasteiger partial charge in [-0.05, 0) is 25.1 Å². The molecule has 0 fully saturated rings. The maximum absolute atomic E-state index is 11.5.